The first-order valence-electron chi connectivity index (χ1n) is 5.49. The zero-order chi connectivity index (χ0) is 13.0. The van der Waals surface area contributed by atoms with Gasteiger partial charge in [-0.25, -0.2) is 0 Å². The number of amides is 1. The number of benzene rings is 1. The van der Waals surface area contributed by atoms with Gasteiger partial charge in [0.05, 0.1) is 6.42 Å². The molecule has 0 fully saturated rings. The summed E-state index contributed by atoms with van der Waals surface area (Å²) < 4.78 is 0. The Hall–Kier alpha value is -1.35. The van der Waals surface area contributed by atoms with E-state index in [0.29, 0.717) is 5.02 Å². The number of hydrogen-bond acceptors (Lipinski definition) is 2. The van der Waals surface area contributed by atoms with Crippen molar-refractivity contribution in [2.75, 3.05) is 4.90 Å². The fraction of sp³-hybridized carbons (Fsp3) is 0.385. The van der Waals surface area contributed by atoms with Crippen molar-refractivity contribution in [3.05, 3.63) is 29.3 Å². The Labute approximate surface area is 106 Å². The van der Waals surface area contributed by atoms with E-state index < -0.39 is 0 Å². The first-order valence-corrected chi connectivity index (χ1v) is 5.86. The van der Waals surface area contributed by atoms with E-state index in [0.717, 1.165) is 5.69 Å². The molecule has 0 unspecified atom stereocenters. The summed E-state index contributed by atoms with van der Waals surface area (Å²) in [4.78, 5) is 24.6. The Kier molecular flexibility index (Phi) is 4.70. The lowest BCUT2D eigenvalue weighted by Gasteiger charge is -2.26. The number of carbonyl (C=O) groups excluding carboxylic acids is 2. The third-order valence-corrected chi connectivity index (χ3v) is 2.54. The Morgan fingerprint density at radius 2 is 1.76 bits per heavy atom. The summed E-state index contributed by atoms with van der Waals surface area (Å²) in [5, 5.41) is 0.622. The van der Waals surface area contributed by atoms with Crippen LogP contribution in [0, 0.1) is 0 Å². The van der Waals surface area contributed by atoms with Crippen molar-refractivity contribution >= 4 is 29.0 Å². The van der Waals surface area contributed by atoms with Crippen molar-refractivity contribution in [3.63, 3.8) is 0 Å². The molecule has 0 aliphatic heterocycles. The van der Waals surface area contributed by atoms with Gasteiger partial charge >= 0.3 is 0 Å². The fourth-order valence-electron chi connectivity index (χ4n) is 1.63. The number of Topliss-reactive ketones (excluding diaryl/α,β-unsaturated/α-hetero) is 1. The molecule has 0 aliphatic carbocycles. The summed E-state index contributed by atoms with van der Waals surface area (Å²) in [6.07, 6.45) is -0.0686. The normalized spacial score (nSPS) is 10.4. The van der Waals surface area contributed by atoms with Crippen LogP contribution in [-0.4, -0.2) is 17.7 Å². The Morgan fingerprint density at radius 1 is 1.24 bits per heavy atom. The van der Waals surface area contributed by atoms with Crippen LogP contribution in [-0.2, 0) is 9.59 Å². The molecule has 0 aliphatic rings. The maximum Gasteiger partial charge on any atom is 0.234 e. The molecule has 1 aromatic rings. The van der Waals surface area contributed by atoms with Crippen LogP contribution < -0.4 is 4.90 Å². The van der Waals surface area contributed by atoms with Crippen molar-refractivity contribution in [2.45, 2.75) is 33.2 Å². The molecular weight excluding hydrogens is 238 g/mol. The van der Waals surface area contributed by atoms with Crippen LogP contribution in [0.5, 0.6) is 0 Å². The molecule has 0 N–H and O–H groups in total. The highest BCUT2D eigenvalue weighted by Gasteiger charge is 2.19. The fourth-order valence-corrected chi connectivity index (χ4v) is 1.76. The summed E-state index contributed by atoms with van der Waals surface area (Å²) in [7, 11) is 0. The zero-order valence-electron chi connectivity index (χ0n) is 10.2. The van der Waals surface area contributed by atoms with Crippen LogP contribution in [0.15, 0.2) is 24.3 Å². The summed E-state index contributed by atoms with van der Waals surface area (Å²) in [6, 6.07) is 7.02. The molecule has 0 bridgehead atoms. The molecule has 0 radical (unpaired) electrons. The lowest BCUT2D eigenvalue weighted by atomic mass is 10.2. The van der Waals surface area contributed by atoms with Gasteiger partial charge in [-0.05, 0) is 45.0 Å². The van der Waals surface area contributed by atoms with E-state index in [1.165, 1.54) is 6.92 Å². The van der Waals surface area contributed by atoms with Crippen LogP contribution in [0.4, 0.5) is 5.69 Å². The molecule has 0 saturated carbocycles. The minimum Gasteiger partial charge on any atom is -0.310 e. The number of nitrogens with zero attached hydrogens (tertiary/aromatic N) is 1. The van der Waals surface area contributed by atoms with E-state index in [1.807, 2.05) is 13.8 Å². The summed E-state index contributed by atoms with van der Waals surface area (Å²) in [5.74, 6) is -0.315. The summed E-state index contributed by atoms with van der Waals surface area (Å²) >= 11 is 5.80. The molecule has 0 heterocycles. The number of halogens is 1. The van der Waals surface area contributed by atoms with Gasteiger partial charge in [-0.1, -0.05) is 11.6 Å². The minimum absolute atomic E-state index is 0.00280. The van der Waals surface area contributed by atoms with E-state index in [2.05, 4.69) is 0 Å². The Balaban J connectivity index is 2.97. The zero-order valence-corrected chi connectivity index (χ0v) is 11.0. The van der Waals surface area contributed by atoms with Gasteiger partial charge < -0.3 is 4.90 Å². The maximum absolute atomic E-state index is 12.0. The highest BCUT2D eigenvalue weighted by Crippen LogP contribution is 2.21. The van der Waals surface area contributed by atoms with Gasteiger partial charge in [-0.15, -0.1) is 0 Å². The molecule has 3 nitrogen and oxygen atoms in total. The lowest BCUT2D eigenvalue weighted by molar-refractivity contribution is -0.125. The van der Waals surface area contributed by atoms with Crippen molar-refractivity contribution in [3.8, 4) is 0 Å². The van der Waals surface area contributed by atoms with E-state index in [1.54, 1.807) is 29.2 Å². The largest absolute Gasteiger partial charge is 0.310 e. The third kappa shape index (κ3) is 3.86. The van der Waals surface area contributed by atoms with E-state index in [-0.39, 0.29) is 24.2 Å². The van der Waals surface area contributed by atoms with Gasteiger partial charge in [0.1, 0.15) is 5.78 Å². The molecule has 1 aromatic carbocycles. The topological polar surface area (TPSA) is 37.4 Å². The van der Waals surface area contributed by atoms with Gasteiger partial charge in [0.2, 0.25) is 5.91 Å². The molecular formula is C13H16ClNO2. The standard InChI is InChI=1S/C13H16ClNO2/c1-9(2)15(13(17)8-10(3)16)12-6-4-11(14)5-7-12/h4-7,9H,8H2,1-3H3. The molecule has 17 heavy (non-hydrogen) atoms. The average Bonchev–Trinajstić information content (AvgIpc) is 2.19. The molecule has 1 amide bonds. The predicted molar refractivity (Wildman–Crippen MR) is 69.4 cm³/mol. The lowest BCUT2D eigenvalue weighted by Crippen LogP contribution is -2.37. The first kappa shape index (κ1) is 13.7. The second-order valence-corrected chi connectivity index (χ2v) is 4.65. The highest BCUT2D eigenvalue weighted by molar-refractivity contribution is 6.30. The van der Waals surface area contributed by atoms with Crippen LogP contribution in [0.2, 0.25) is 5.02 Å². The van der Waals surface area contributed by atoms with Crippen LogP contribution in [0.3, 0.4) is 0 Å². The smallest absolute Gasteiger partial charge is 0.234 e. The number of anilines is 1. The molecule has 4 heteroatoms. The molecule has 1 rings (SSSR count). The van der Waals surface area contributed by atoms with Gasteiger partial charge in [-0.2, -0.15) is 0 Å². The summed E-state index contributed by atoms with van der Waals surface area (Å²) in [5.41, 5.74) is 0.760. The van der Waals surface area contributed by atoms with Crippen molar-refractivity contribution in [1.82, 2.24) is 0 Å². The van der Waals surface area contributed by atoms with Gasteiger partial charge in [-0.3, -0.25) is 9.59 Å². The van der Waals surface area contributed by atoms with Crippen molar-refractivity contribution in [1.29, 1.82) is 0 Å². The van der Waals surface area contributed by atoms with Gasteiger partial charge in [0.15, 0.2) is 0 Å². The SMILES string of the molecule is CC(=O)CC(=O)N(c1ccc(Cl)cc1)C(C)C. The molecule has 0 saturated heterocycles. The number of ketones is 1. The van der Waals surface area contributed by atoms with Gasteiger partial charge in [0.25, 0.3) is 0 Å². The Morgan fingerprint density at radius 3 is 2.18 bits per heavy atom. The second-order valence-electron chi connectivity index (χ2n) is 4.21. The van der Waals surface area contributed by atoms with Crippen molar-refractivity contribution in [2.24, 2.45) is 0 Å². The number of hydrogen-bond donors (Lipinski definition) is 0. The molecule has 92 valence electrons. The second kappa shape index (κ2) is 5.82. The van der Waals surface area contributed by atoms with Crippen LogP contribution in [0.1, 0.15) is 27.2 Å². The average molecular weight is 254 g/mol. The highest BCUT2D eigenvalue weighted by atomic mass is 35.5. The van der Waals surface area contributed by atoms with Crippen molar-refractivity contribution < 1.29 is 9.59 Å². The predicted octanol–water partition coefficient (Wildman–Crippen LogP) is 3.06. The number of rotatable bonds is 4. The van der Waals surface area contributed by atoms with E-state index >= 15 is 0 Å². The van der Waals surface area contributed by atoms with E-state index in [4.69, 9.17) is 11.6 Å². The van der Waals surface area contributed by atoms with E-state index in [9.17, 15) is 9.59 Å². The molecule has 0 spiro atoms. The van der Waals surface area contributed by atoms with Crippen LogP contribution >= 0.6 is 11.6 Å². The maximum atomic E-state index is 12.0. The quantitative estimate of drug-likeness (QED) is 0.774. The first-order chi connectivity index (χ1) is 7.91. The number of carbonyl (C=O) groups is 2. The molecule has 0 aromatic heterocycles. The third-order valence-electron chi connectivity index (χ3n) is 2.29. The van der Waals surface area contributed by atoms with Gasteiger partial charge in [0, 0.05) is 16.8 Å². The summed E-state index contributed by atoms with van der Waals surface area (Å²) in [6.45, 7) is 5.23. The monoisotopic (exact) mass is 253 g/mol. The Bertz CT molecular complexity index is 412. The molecule has 0 atom stereocenters. The minimum atomic E-state index is -0.185. The van der Waals surface area contributed by atoms with Crippen LogP contribution in [0.25, 0.3) is 0 Å².